The van der Waals surface area contributed by atoms with Crippen molar-refractivity contribution in [2.75, 3.05) is 54.1 Å². The topological polar surface area (TPSA) is 91.3 Å². The number of hydrogen-bond acceptors (Lipinski definition) is 6. The number of rotatable bonds is 45. The normalized spacial score (nSPS) is 14.1. The average Bonchev–Trinajstić information content (AvgIpc) is 3.19. The number of likely N-dealkylation sites (N-methyl/N-ethyl adjacent to an activating group) is 1. The van der Waals surface area contributed by atoms with Gasteiger partial charge in [-0.2, -0.15) is 0 Å². The number of phosphoric ester groups is 1. The highest BCUT2D eigenvalue weighted by Gasteiger charge is 2.26. The largest absolute Gasteiger partial charge is 0.472 e. The lowest BCUT2D eigenvalue weighted by Crippen LogP contribution is -2.37. The monoisotopic (exact) mass is 853 g/mol. The van der Waals surface area contributed by atoms with Crippen LogP contribution in [0.2, 0.25) is 0 Å². The molecular weight excluding hydrogens is 758 g/mol. The summed E-state index contributed by atoms with van der Waals surface area (Å²) in [6, 6.07) is 0. The number of allylic oxidation sites excluding steroid dienone is 8. The number of carbonyl (C=O) groups is 1. The van der Waals surface area contributed by atoms with Gasteiger partial charge in [-0.1, -0.05) is 172 Å². The number of nitrogens with zero attached hydrogens (tertiary/aromatic N) is 1. The molecule has 0 saturated heterocycles. The van der Waals surface area contributed by atoms with E-state index in [0.717, 1.165) is 57.8 Å². The van der Waals surface area contributed by atoms with Gasteiger partial charge in [0.1, 0.15) is 19.3 Å². The van der Waals surface area contributed by atoms with Gasteiger partial charge in [-0.25, -0.2) is 4.57 Å². The van der Waals surface area contributed by atoms with E-state index in [-0.39, 0.29) is 25.8 Å². The molecule has 0 saturated carbocycles. The number of unbranched alkanes of at least 4 members (excludes halogenated alkanes) is 23. The number of phosphoric acid groups is 1. The SMILES string of the molecule is CCCCCCC/C=C\C/C=C\C/C=C\CCCCCCCCC(=O)OC(COCCCCCCCC/C=C\CCCCCCCC)COP(=O)(O)OCC[N+](C)(C)C. The number of esters is 1. The fourth-order valence-corrected chi connectivity index (χ4v) is 7.30. The summed E-state index contributed by atoms with van der Waals surface area (Å²) in [5, 5.41) is 0. The third-order valence-electron chi connectivity index (χ3n) is 10.4. The Bertz CT molecular complexity index is 1080. The Balaban J connectivity index is 4.22. The van der Waals surface area contributed by atoms with E-state index in [1.54, 1.807) is 0 Å². The number of carbonyl (C=O) groups excluding carboxylic acids is 1. The Morgan fingerprint density at radius 1 is 0.525 bits per heavy atom. The Morgan fingerprint density at radius 2 is 0.932 bits per heavy atom. The van der Waals surface area contributed by atoms with E-state index in [0.29, 0.717) is 24.1 Å². The smallest absolute Gasteiger partial charge is 0.457 e. The third-order valence-corrected chi connectivity index (χ3v) is 11.3. The standard InChI is InChI=1S/C50H94NO7P/c1-6-8-10-12-14-16-18-20-22-24-25-26-27-28-29-31-33-35-37-39-41-43-50(52)58-49(48-57-59(53,54)56-46-44-51(3,4)5)47-55-45-42-40-38-36-34-32-30-23-21-19-17-15-13-11-9-7-2/h18,20-21,23-25,27-28,49H,6-17,19,22,26,29-48H2,1-5H3/p+1/b20-18-,23-21-,25-24-,28-27-. The molecule has 59 heavy (non-hydrogen) atoms. The molecule has 0 aliphatic carbocycles. The highest BCUT2D eigenvalue weighted by Crippen LogP contribution is 2.43. The van der Waals surface area contributed by atoms with Gasteiger partial charge in [-0.05, 0) is 77.0 Å². The lowest BCUT2D eigenvalue weighted by Gasteiger charge is -2.24. The van der Waals surface area contributed by atoms with E-state index in [4.69, 9.17) is 18.5 Å². The van der Waals surface area contributed by atoms with Crippen LogP contribution in [0.1, 0.15) is 206 Å². The molecule has 2 atom stereocenters. The van der Waals surface area contributed by atoms with Gasteiger partial charge in [0.2, 0.25) is 0 Å². The molecule has 0 amide bonds. The summed E-state index contributed by atoms with van der Waals surface area (Å²) in [6.07, 6.45) is 52.9. The van der Waals surface area contributed by atoms with Crippen molar-refractivity contribution in [3.8, 4) is 0 Å². The van der Waals surface area contributed by atoms with Crippen LogP contribution in [-0.2, 0) is 27.9 Å². The molecule has 0 rings (SSSR count). The summed E-state index contributed by atoms with van der Waals surface area (Å²) >= 11 is 0. The van der Waals surface area contributed by atoms with Crippen LogP contribution in [0.25, 0.3) is 0 Å². The zero-order valence-corrected chi connectivity index (χ0v) is 40.1. The fourth-order valence-electron chi connectivity index (χ4n) is 6.55. The summed E-state index contributed by atoms with van der Waals surface area (Å²) in [5.74, 6) is -0.328. The van der Waals surface area contributed by atoms with Gasteiger partial charge in [0.15, 0.2) is 0 Å². The second-order valence-electron chi connectivity index (χ2n) is 17.5. The van der Waals surface area contributed by atoms with Crippen molar-refractivity contribution < 1.29 is 37.3 Å². The van der Waals surface area contributed by atoms with Crippen molar-refractivity contribution in [1.29, 1.82) is 0 Å². The lowest BCUT2D eigenvalue weighted by molar-refractivity contribution is -0.870. The second-order valence-corrected chi connectivity index (χ2v) is 18.9. The number of hydrogen-bond donors (Lipinski definition) is 1. The molecule has 9 heteroatoms. The van der Waals surface area contributed by atoms with Crippen LogP contribution in [0.3, 0.4) is 0 Å². The van der Waals surface area contributed by atoms with Gasteiger partial charge in [-0.15, -0.1) is 0 Å². The average molecular weight is 853 g/mol. The van der Waals surface area contributed by atoms with Gasteiger partial charge >= 0.3 is 13.8 Å². The zero-order chi connectivity index (χ0) is 43.4. The van der Waals surface area contributed by atoms with Crippen molar-refractivity contribution in [1.82, 2.24) is 0 Å². The van der Waals surface area contributed by atoms with Gasteiger partial charge in [-0.3, -0.25) is 13.8 Å². The van der Waals surface area contributed by atoms with Crippen LogP contribution in [0, 0.1) is 0 Å². The summed E-state index contributed by atoms with van der Waals surface area (Å²) in [4.78, 5) is 23.0. The van der Waals surface area contributed by atoms with Crippen LogP contribution in [-0.4, -0.2) is 75.6 Å². The molecule has 0 fully saturated rings. The fraction of sp³-hybridized carbons (Fsp3) is 0.820. The van der Waals surface area contributed by atoms with Gasteiger partial charge in [0.05, 0.1) is 34.4 Å². The maximum Gasteiger partial charge on any atom is 0.472 e. The quantitative estimate of drug-likeness (QED) is 0.0214. The Hall–Kier alpha value is -1.54. The molecule has 0 aromatic heterocycles. The molecule has 0 aliphatic rings. The molecular formula is C50H95NO7P+. The summed E-state index contributed by atoms with van der Waals surface area (Å²) < 4.78 is 35.1. The van der Waals surface area contributed by atoms with Crippen LogP contribution in [0.15, 0.2) is 48.6 Å². The van der Waals surface area contributed by atoms with E-state index in [1.807, 2.05) is 21.1 Å². The minimum atomic E-state index is -4.28. The van der Waals surface area contributed by atoms with E-state index in [1.165, 1.54) is 128 Å². The molecule has 1 N–H and O–H groups in total. The Morgan fingerprint density at radius 3 is 1.41 bits per heavy atom. The number of ether oxygens (including phenoxy) is 2. The van der Waals surface area contributed by atoms with Crippen molar-refractivity contribution >= 4 is 13.8 Å². The first-order valence-corrected chi connectivity index (χ1v) is 25.9. The van der Waals surface area contributed by atoms with Gasteiger partial charge in [0.25, 0.3) is 0 Å². The molecule has 2 unspecified atom stereocenters. The maximum absolute atomic E-state index is 12.7. The van der Waals surface area contributed by atoms with Crippen molar-refractivity contribution in [3.63, 3.8) is 0 Å². The minimum Gasteiger partial charge on any atom is -0.457 e. The molecule has 0 aromatic carbocycles. The second kappa shape index (κ2) is 43.1. The molecule has 346 valence electrons. The van der Waals surface area contributed by atoms with Crippen LogP contribution < -0.4 is 0 Å². The minimum absolute atomic E-state index is 0.0835. The van der Waals surface area contributed by atoms with Gasteiger partial charge < -0.3 is 18.9 Å². The molecule has 0 aromatic rings. The van der Waals surface area contributed by atoms with Crippen molar-refractivity contribution in [2.24, 2.45) is 0 Å². The Kier molecular flexibility index (Phi) is 42.0. The molecule has 0 spiro atoms. The Labute approximate surface area is 365 Å². The highest BCUT2D eigenvalue weighted by molar-refractivity contribution is 7.47. The van der Waals surface area contributed by atoms with Crippen LogP contribution in [0.4, 0.5) is 0 Å². The lowest BCUT2D eigenvalue weighted by atomic mass is 10.1. The predicted octanol–water partition coefficient (Wildman–Crippen LogP) is 14.7. The first-order valence-electron chi connectivity index (χ1n) is 24.4. The molecule has 0 heterocycles. The van der Waals surface area contributed by atoms with Crippen LogP contribution >= 0.6 is 7.82 Å². The first kappa shape index (κ1) is 57.5. The van der Waals surface area contributed by atoms with E-state index in [2.05, 4.69) is 62.5 Å². The summed E-state index contributed by atoms with van der Waals surface area (Å²) in [5.41, 5.74) is 0. The zero-order valence-electron chi connectivity index (χ0n) is 39.2. The molecule has 0 bridgehead atoms. The van der Waals surface area contributed by atoms with E-state index >= 15 is 0 Å². The molecule has 0 radical (unpaired) electrons. The van der Waals surface area contributed by atoms with Crippen molar-refractivity contribution in [3.05, 3.63) is 48.6 Å². The van der Waals surface area contributed by atoms with Crippen LogP contribution in [0.5, 0.6) is 0 Å². The van der Waals surface area contributed by atoms with Gasteiger partial charge in [0, 0.05) is 13.0 Å². The summed E-state index contributed by atoms with van der Waals surface area (Å²) in [7, 11) is 1.65. The maximum atomic E-state index is 12.7. The molecule has 8 nitrogen and oxygen atoms in total. The number of quaternary nitrogens is 1. The molecule has 0 aliphatic heterocycles. The third kappa shape index (κ3) is 47.4. The van der Waals surface area contributed by atoms with E-state index in [9.17, 15) is 14.3 Å². The summed E-state index contributed by atoms with van der Waals surface area (Å²) in [6.45, 7) is 5.59. The van der Waals surface area contributed by atoms with Crippen molar-refractivity contribution in [2.45, 2.75) is 213 Å². The van der Waals surface area contributed by atoms with E-state index < -0.39 is 13.9 Å². The highest BCUT2D eigenvalue weighted by atomic mass is 31.2. The first-order chi connectivity index (χ1) is 28.6. The predicted molar refractivity (Wildman–Crippen MR) is 252 cm³/mol.